The number of benzene rings is 3. The van der Waals surface area contributed by atoms with Crippen molar-refractivity contribution in [2.45, 2.75) is 23.0 Å². The van der Waals surface area contributed by atoms with Gasteiger partial charge in [0.25, 0.3) is 0 Å². The summed E-state index contributed by atoms with van der Waals surface area (Å²) >= 11 is 3.99. The number of hydrogen-bond donors (Lipinski definition) is 0. The minimum atomic E-state index is 1.06. The molecule has 6 bridgehead atoms. The molecule has 0 atom stereocenters. The van der Waals surface area contributed by atoms with E-state index in [1.807, 2.05) is 23.5 Å². The van der Waals surface area contributed by atoms with Gasteiger partial charge in [0.15, 0.2) is 0 Å². The number of hydrogen-bond acceptors (Lipinski definition) is 2. The monoisotopic (exact) mass is 348 g/mol. The predicted octanol–water partition coefficient (Wildman–Crippen LogP) is 6.53. The van der Waals surface area contributed by atoms with Gasteiger partial charge in [0, 0.05) is 23.0 Å². The highest BCUT2D eigenvalue weighted by molar-refractivity contribution is 7.98. The lowest BCUT2D eigenvalue weighted by atomic mass is 10.0. The van der Waals surface area contributed by atoms with E-state index < -0.39 is 0 Å². The van der Waals surface area contributed by atoms with Crippen LogP contribution >= 0.6 is 23.5 Å². The van der Waals surface area contributed by atoms with Crippen LogP contribution in [0, 0.1) is 0 Å². The largest absolute Gasteiger partial charge is 0.152 e. The molecule has 120 valence electrons. The van der Waals surface area contributed by atoms with Gasteiger partial charge in [0.2, 0.25) is 0 Å². The Balaban J connectivity index is 1.68. The van der Waals surface area contributed by atoms with Gasteiger partial charge in [-0.15, -0.1) is 0 Å². The Hall–Kier alpha value is -1.64. The molecular formula is C22H20S2. The summed E-state index contributed by atoms with van der Waals surface area (Å²) in [5, 5.41) is 0. The molecule has 0 saturated heterocycles. The molecule has 0 fully saturated rings. The van der Waals surface area contributed by atoms with Crippen LogP contribution in [0.5, 0.6) is 0 Å². The van der Waals surface area contributed by atoms with Gasteiger partial charge < -0.3 is 0 Å². The second-order valence-corrected chi connectivity index (χ2v) is 8.18. The first-order valence-corrected chi connectivity index (χ1v) is 10.6. The first-order valence-electron chi connectivity index (χ1n) is 8.28. The number of fused-ring (bicyclic) bond motifs is 7. The predicted molar refractivity (Wildman–Crippen MR) is 108 cm³/mol. The van der Waals surface area contributed by atoms with E-state index in [0.29, 0.717) is 0 Å². The van der Waals surface area contributed by atoms with Crippen molar-refractivity contribution in [1.82, 2.24) is 0 Å². The third-order valence-electron chi connectivity index (χ3n) is 4.25. The molecule has 3 aromatic rings. The molecule has 0 saturated carbocycles. The van der Waals surface area contributed by atoms with Crippen molar-refractivity contribution in [3.05, 3.63) is 95.1 Å². The maximum absolute atomic E-state index is 2.37. The van der Waals surface area contributed by atoms with Crippen LogP contribution in [0.25, 0.3) is 11.1 Å². The molecule has 0 amide bonds. The summed E-state index contributed by atoms with van der Waals surface area (Å²) in [6.45, 7) is 0. The van der Waals surface area contributed by atoms with E-state index in [2.05, 4.69) is 72.8 Å². The average Bonchev–Trinajstić information content (AvgIpc) is 2.62. The number of thioether (sulfide) groups is 2. The van der Waals surface area contributed by atoms with Gasteiger partial charge in [-0.3, -0.25) is 0 Å². The van der Waals surface area contributed by atoms with E-state index in [9.17, 15) is 0 Å². The Labute approximate surface area is 152 Å². The van der Waals surface area contributed by atoms with Crippen molar-refractivity contribution in [1.29, 1.82) is 0 Å². The summed E-state index contributed by atoms with van der Waals surface area (Å²) in [5.74, 6) is 4.28. The second-order valence-electron chi connectivity index (χ2n) is 6.21. The smallest absolute Gasteiger partial charge is 0.0188 e. The minimum Gasteiger partial charge on any atom is -0.152 e. The molecule has 0 radical (unpaired) electrons. The summed E-state index contributed by atoms with van der Waals surface area (Å²) in [7, 11) is 0. The van der Waals surface area contributed by atoms with Crippen LogP contribution in [-0.2, 0) is 23.0 Å². The SMILES string of the molecule is c1cc2cc(c1)CSCc1cccc(c1)-c1cccc(c1)CSC2. The first kappa shape index (κ1) is 15.9. The topological polar surface area (TPSA) is 0 Å². The Morgan fingerprint density at radius 2 is 0.833 bits per heavy atom. The highest BCUT2D eigenvalue weighted by Crippen LogP contribution is 2.27. The summed E-state index contributed by atoms with van der Waals surface area (Å²) in [6.07, 6.45) is 0. The van der Waals surface area contributed by atoms with Crippen molar-refractivity contribution < 1.29 is 0 Å². The lowest BCUT2D eigenvalue weighted by molar-refractivity contribution is 1.31. The Kier molecular flexibility index (Phi) is 4.96. The van der Waals surface area contributed by atoms with Gasteiger partial charge in [-0.1, -0.05) is 72.8 Å². The van der Waals surface area contributed by atoms with Crippen molar-refractivity contribution in [3.63, 3.8) is 0 Å². The van der Waals surface area contributed by atoms with E-state index in [1.165, 1.54) is 33.4 Å². The summed E-state index contributed by atoms with van der Waals surface area (Å²) in [5.41, 5.74) is 8.34. The highest BCUT2D eigenvalue weighted by Gasteiger charge is 2.04. The highest BCUT2D eigenvalue weighted by atomic mass is 32.2. The molecule has 0 spiro atoms. The molecule has 3 aromatic carbocycles. The van der Waals surface area contributed by atoms with Crippen molar-refractivity contribution in [2.75, 3.05) is 0 Å². The molecule has 1 heterocycles. The fraction of sp³-hybridized carbons (Fsp3) is 0.182. The number of rotatable bonds is 0. The third kappa shape index (κ3) is 3.88. The van der Waals surface area contributed by atoms with Crippen LogP contribution < -0.4 is 0 Å². The van der Waals surface area contributed by atoms with Crippen molar-refractivity contribution in [2.24, 2.45) is 0 Å². The van der Waals surface area contributed by atoms with E-state index in [0.717, 1.165) is 23.0 Å². The fourth-order valence-electron chi connectivity index (χ4n) is 3.06. The molecule has 0 nitrogen and oxygen atoms in total. The molecule has 0 aliphatic carbocycles. The molecule has 1 aliphatic heterocycles. The molecule has 0 aromatic heterocycles. The van der Waals surface area contributed by atoms with Gasteiger partial charge in [-0.05, 0) is 33.4 Å². The lowest BCUT2D eigenvalue weighted by Gasteiger charge is -2.07. The van der Waals surface area contributed by atoms with Crippen LogP contribution in [0.1, 0.15) is 22.3 Å². The van der Waals surface area contributed by atoms with Gasteiger partial charge in [0.1, 0.15) is 0 Å². The molecule has 4 rings (SSSR count). The fourth-order valence-corrected chi connectivity index (χ4v) is 4.93. The second kappa shape index (κ2) is 7.50. The van der Waals surface area contributed by atoms with E-state index in [1.54, 1.807) is 0 Å². The zero-order valence-corrected chi connectivity index (χ0v) is 15.2. The average molecular weight is 349 g/mol. The zero-order chi connectivity index (χ0) is 16.2. The lowest BCUT2D eigenvalue weighted by Crippen LogP contribution is -1.87. The van der Waals surface area contributed by atoms with E-state index in [-0.39, 0.29) is 0 Å². The third-order valence-corrected chi connectivity index (χ3v) is 6.40. The maximum atomic E-state index is 2.37. The van der Waals surface area contributed by atoms with Crippen LogP contribution in [0.3, 0.4) is 0 Å². The van der Waals surface area contributed by atoms with Gasteiger partial charge in [0.05, 0.1) is 0 Å². The first-order chi connectivity index (χ1) is 11.9. The van der Waals surface area contributed by atoms with E-state index >= 15 is 0 Å². The van der Waals surface area contributed by atoms with Crippen LogP contribution in [0.15, 0.2) is 72.8 Å². The van der Waals surface area contributed by atoms with Crippen LogP contribution in [0.4, 0.5) is 0 Å². The standard InChI is InChI=1S/C22H20S2/c1-4-17-10-18(5-1)14-24-16-20-7-3-9-22(12-20)21-8-2-6-19(11-21)15-23-13-17/h1-12H,13-16H2. The Morgan fingerprint density at radius 3 is 1.29 bits per heavy atom. The molecule has 0 N–H and O–H groups in total. The summed E-state index contributed by atoms with van der Waals surface area (Å²) in [4.78, 5) is 0. The normalized spacial score (nSPS) is 14.5. The van der Waals surface area contributed by atoms with Crippen LogP contribution in [0.2, 0.25) is 0 Å². The molecule has 1 aliphatic rings. The minimum absolute atomic E-state index is 1.06. The zero-order valence-electron chi connectivity index (χ0n) is 13.6. The van der Waals surface area contributed by atoms with Gasteiger partial charge in [-0.25, -0.2) is 0 Å². The molecule has 0 unspecified atom stereocenters. The Bertz CT molecular complexity index is 772. The summed E-state index contributed by atoms with van der Waals surface area (Å²) < 4.78 is 0. The molecule has 2 heteroatoms. The van der Waals surface area contributed by atoms with Gasteiger partial charge >= 0.3 is 0 Å². The quantitative estimate of drug-likeness (QED) is 0.453. The maximum Gasteiger partial charge on any atom is 0.0188 e. The molecular weight excluding hydrogens is 328 g/mol. The van der Waals surface area contributed by atoms with Crippen molar-refractivity contribution >= 4 is 23.5 Å². The summed E-state index contributed by atoms with van der Waals surface area (Å²) in [6, 6.07) is 27.1. The van der Waals surface area contributed by atoms with Crippen molar-refractivity contribution in [3.8, 4) is 11.1 Å². The molecule has 24 heavy (non-hydrogen) atoms. The van der Waals surface area contributed by atoms with Crippen LogP contribution in [-0.4, -0.2) is 0 Å². The van der Waals surface area contributed by atoms with E-state index in [4.69, 9.17) is 0 Å². The Morgan fingerprint density at radius 1 is 0.458 bits per heavy atom. The van der Waals surface area contributed by atoms with Gasteiger partial charge in [-0.2, -0.15) is 23.5 Å².